The predicted molar refractivity (Wildman–Crippen MR) is 200 cm³/mol. The van der Waals surface area contributed by atoms with Gasteiger partial charge in [-0.1, -0.05) is 86.6 Å². The highest BCUT2D eigenvalue weighted by Crippen LogP contribution is 2.65. The van der Waals surface area contributed by atoms with E-state index in [1.54, 1.807) is 4.90 Å². The van der Waals surface area contributed by atoms with E-state index >= 15 is 0 Å². The molecule has 13 nitrogen and oxygen atoms in total. The largest absolute Gasteiger partial charge is 0.374 e. The molecule has 3 saturated carbocycles. The molecular weight excluding hydrogens is 676 g/mol. The zero-order valence-electron chi connectivity index (χ0n) is 33.0. The summed E-state index contributed by atoms with van der Waals surface area (Å²) >= 11 is 0. The molecule has 296 valence electrons. The van der Waals surface area contributed by atoms with Crippen molar-refractivity contribution in [2.75, 3.05) is 19.6 Å². The van der Waals surface area contributed by atoms with E-state index in [2.05, 4.69) is 41.7 Å². The third-order valence-electron chi connectivity index (χ3n) is 12.7. The number of nitrogens with zero attached hydrogens (tertiary/aromatic N) is 2. The summed E-state index contributed by atoms with van der Waals surface area (Å²) < 4.78 is 0. The van der Waals surface area contributed by atoms with Crippen molar-refractivity contribution in [2.24, 2.45) is 39.9 Å². The lowest BCUT2D eigenvalue weighted by atomic mass is 9.80. The average Bonchev–Trinajstić information content (AvgIpc) is 3.93. The van der Waals surface area contributed by atoms with Crippen molar-refractivity contribution in [3.05, 3.63) is 12.7 Å². The van der Waals surface area contributed by atoms with Gasteiger partial charge in [-0.15, -0.1) is 6.58 Å². The molecule has 0 radical (unpaired) electrons. The molecule has 0 aromatic rings. The number of amides is 6. The number of Topliss-reactive ketones (excluding diaryl/α,β-unsaturated/α-hetero) is 1. The molecule has 13 heteroatoms. The summed E-state index contributed by atoms with van der Waals surface area (Å²) in [5, 5.41) is 22.4. The van der Waals surface area contributed by atoms with Crippen LogP contribution in [0.4, 0.5) is 4.79 Å². The molecule has 5 aliphatic rings. The van der Waals surface area contributed by atoms with Crippen LogP contribution in [0, 0.1) is 39.9 Å². The van der Waals surface area contributed by atoms with Crippen LogP contribution in [0.1, 0.15) is 113 Å². The van der Waals surface area contributed by atoms with Gasteiger partial charge in [0.1, 0.15) is 18.3 Å². The summed E-state index contributed by atoms with van der Waals surface area (Å²) in [6.07, 6.45) is 7.88. The van der Waals surface area contributed by atoms with E-state index in [1.165, 1.54) is 11.0 Å². The highest BCUT2D eigenvalue weighted by molar-refractivity contribution is 6.38. The molecule has 2 saturated heterocycles. The molecule has 0 aromatic carbocycles. The number of hydrogen-bond acceptors (Lipinski definition) is 7. The Labute approximate surface area is 315 Å². The number of carbonyl (C=O) groups is 6. The number of ketones is 1. The van der Waals surface area contributed by atoms with Crippen molar-refractivity contribution in [1.29, 1.82) is 0 Å². The van der Waals surface area contributed by atoms with Gasteiger partial charge in [-0.2, -0.15) is 0 Å². The second-order valence-corrected chi connectivity index (χ2v) is 19.0. The predicted octanol–water partition coefficient (Wildman–Crippen LogP) is 3.26. The second kappa shape index (κ2) is 15.7. The minimum absolute atomic E-state index is 0.0836. The number of likely N-dealkylation sites (tertiary alicyclic amines) is 2. The second-order valence-electron chi connectivity index (χ2n) is 19.0. The molecular formula is C40H64N6O7. The molecule has 2 unspecified atom stereocenters. The zero-order chi connectivity index (χ0) is 39.0. The molecule has 5 rings (SSSR count). The lowest BCUT2D eigenvalue weighted by Crippen LogP contribution is -2.62. The number of nitrogens with one attached hydrogen (secondary N) is 4. The molecule has 7 atom stereocenters. The summed E-state index contributed by atoms with van der Waals surface area (Å²) in [5.74, 6) is -2.33. The Hall–Kier alpha value is -3.48. The highest BCUT2D eigenvalue weighted by Gasteiger charge is 2.70. The number of hydrogen-bond donors (Lipinski definition) is 5. The molecule has 6 amide bonds. The fraction of sp³-hybridized carbons (Fsp3) is 0.800. The number of piperidine rings is 2. The van der Waals surface area contributed by atoms with Crippen LogP contribution in [0.15, 0.2) is 12.7 Å². The first-order valence-corrected chi connectivity index (χ1v) is 19.8. The van der Waals surface area contributed by atoms with Crippen LogP contribution in [0.25, 0.3) is 0 Å². The van der Waals surface area contributed by atoms with Gasteiger partial charge in [-0.25, -0.2) is 4.79 Å². The van der Waals surface area contributed by atoms with Gasteiger partial charge < -0.3 is 36.2 Å². The monoisotopic (exact) mass is 740 g/mol. The van der Waals surface area contributed by atoms with Crippen LogP contribution < -0.4 is 21.3 Å². The first-order valence-electron chi connectivity index (χ1n) is 19.8. The Kier molecular flexibility index (Phi) is 12.1. The number of aliphatic hydroxyl groups excluding tert-OH is 1. The van der Waals surface area contributed by atoms with Gasteiger partial charge in [0, 0.05) is 26.1 Å². The molecule has 0 spiro atoms. The normalized spacial score (nSPS) is 28.2. The van der Waals surface area contributed by atoms with E-state index in [1.807, 2.05) is 34.6 Å². The van der Waals surface area contributed by atoms with Gasteiger partial charge in [0.25, 0.3) is 5.91 Å². The summed E-state index contributed by atoms with van der Waals surface area (Å²) in [5.41, 5.74) is -1.00. The number of carbonyl (C=O) groups excluding carboxylic acids is 6. The van der Waals surface area contributed by atoms with Crippen molar-refractivity contribution in [1.82, 2.24) is 31.1 Å². The first kappa shape index (κ1) is 40.7. The molecule has 0 bridgehead atoms. The summed E-state index contributed by atoms with van der Waals surface area (Å²) in [6, 6.07) is -3.81. The summed E-state index contributed by atoms with van der Waals surface area (Å²) in [6.45, 7) is 18.1. The third kappa shape index (κ3) is 9.43. The van der Waals surface area contributed by atoms with E-state index in [9.17, 15) is 33.9 Å². The Bertz CT molecular complexity index is 1440. The van der Waals surface area contributed by atoms with Crippen LogP contribution >= 0.6 is 0 Å². The van der Waals surface area contributed by atoms with E-state index in [-0.39, 0.29) is 59.4 Å². The molecule has 0 aromatic heterocycles. The summed E-state index contributed by atoms with van der Waals surface area (Å²) in [4.78, 5) is 85.0. The van der Waals surface area contributed by atoms with Crippen molar-refractivity contribution in [2.45, 2.75) is 143 Å². The Balaban J connectivity index is 1.34. The van der Waals surface area contributed by atoms with Crippen LogP contribution in [0.3, 0.4) is 0 Å². The maximum atomic E-state index is 14.7. The van der Waals surface area contributed by atoms with Crippen LogP contribution in [-0.4, -0.2) is 100 Å². The third-order valence-corrected chi connectivity index (χ3v) is 12.7. The van der Waals surface area contributed by atoms with Gasteiger partial charge in [0.2, 0.25) is 23.5 Å². The van der Waals surface area contributed by atoms with Gasteiger partial charge in [0.05, 0.1) is 12.1 Å². The van der Waals surface area contributed by atoms with Gasteiger partial charge in [-0.3, -0.25) is 24.0 Å². The van der Waals surface area contributed by atoms with Crippen molar-refractivity contribution in [3.8, 4) is 0 Å². The van der Waals surface area contributed by atoms with Crippen LogP contribution in [-0.2, 0) is 24.0 Å². The van der Waals surface area contributed by atoms with E-state index in [0.29, 0.717) is 25.8 Å². The van der Waals surface area contributed by atoms with Crippen LogP contribution in [0.2, 0.25) is 0 Å². The molecule has 2 aliphatic heterocycles. The minimum atomic E-state index is -0.999. The van der Waals surface area contributed by atoms with Crippen molar-refractivity contribution in [3.63, 3.8) is 0 Å². The molecule has 3 aliphatic carbocycles. The lowest BCUT2D eigenvalue weighted by molar-refractivity contribution is -0.155. The smallest absolute Gasteiger partial charge is 0.315 e. The number of fused-ring (bicyclic) bond motifs is 1. The zero-order valence-corrected chi connectivity index (χ0v) is 33.0. The van der Waals surface area contributed by atoms with Gasteiger partial charge in [0.15, 0.2) is 0 Å². The quantitative estimate of drug-likeness (QED) is 0.134. The number of rotatable bonds is 14. The fourth-order valence-corrected chi connectivity index (χ4v) is 9.08. The lowest BCUT2D eigenvalue weighted by Gasteiger charge is -2.44. The Morgan fingerprint density at radius 3 is 2.23 bits per heavy atom. The molecule has 5 N–H and O–H groups in total. The Morgan fingerprint density at radius 1 is 0.981 bits per heavy atom. The average molecular weight is 741 g/mol. The molecule has 53 heavy (non-hydrogen) atoms. The van der Waals surface area contributed by atoms with Crippen LogP contribution in [0.5, 0.6) is 0 Å². The fourth-order valence-electron chi connectivity index (χ4n) is 9.08. The van der Waals surface area contributed by atoms with Crippen molar-refractivity contribution >= 4 is 35.4 Å². The van der Waals surface area contributed by atoms with Crippen molar-refractivity contribution < 1.29 is 33.9 Å². The SMILES string of the molecule is C=CCNC(=O)C(=O)C(CC1CC1)NC(=O)[C@@H]1[C@@H]2[C@H](CN1C(=O)[C@@H](NC(=O)N[C@H](CN1C(=O)CC(C)(C)CC1O)C(C)(C)C)C1CCCCC1)C2(C)C. The van der Waals surface area contributed by atoms with E-state index < -0.39 is 59.4 Å². The van der Waals surface area contributed by atoms with Gasteiger partial charge >= 0.3 is 6.03 Å². The van der Waals surface area contributed by atoms with Gasteiger partial charge in [-0.05, 0) is 65.6 Å². The Morgan fingerprint density at radius 2 is 1.64 bits per heavy atom. The topological polar surface area (TPSA) is 177 Å². The van der Waals surface area contributed by atoms with E-state index in [0.717, 1.165) is 44.9 Å². The highest BCUT2D eigenvalue weighted by atomic mass is 16.3. The first-order chi connectivity index (χ1) is 24.7. The number of urea groups is 1. The standard InChI is InChI=1S/C40H64N6O7/c1-9-17-41-35(51)33(49)26(18-23-15-16-23)42-34(50)32-30-25(40(30,7)8)21-46(32)36(52)31(24-13-11-10-12-14-24)44-37(53)43-27(38(2,3)4)22-45-28(47)19-39(5,6)20-29(45)48/h9,23-28,30-32,47H,1,10-22H2,2-8H3,(H,41,51)(H,42,50)(H2,43,44,53)/t25-,26?,27+,28?,30-,31-,32-/m0/s1. The minimum Gasteiger partial charge on any atom is -0.374 e. The number of aliphatic hydroxyl groups is 1. The maximum Gasteiger partial charge on any atom is 0.315 e. The maximum absolute atomic E-state index is 14.7. The molecule has 5 fully saturated rings. The van der Waals surface area contributed by atoms with E-state index in [4.69, 9.17) is 0 Å². The summed E-state index contributed by atoms with van der Waals surface area (Å²) in [7, 11) is 0. The molecule has 2 heterocycles.